The van der Waals surface area contributed by atoms with Crippen molar-refractivity contribution < 1.29 is 23.8 Å². The van der Waals surface area contributed by atoms with E-state index >= 15 is 0 Å². The topological polar surface area (TPSA) is 73.9 Å². The molecule has 22 heavy (non-hydrogen) atoms. The third-order valence-electron chi connectivity index (χ3n) is 3.46. The number of hydrogen-bond donors (Lipinski definition) is 1. The molecule has 7 heteroatoms. The molecule has 1 aliphatic rings. The van der Waals surface area contributed by atoms with Crippen LogP contribution in [0.4, 0.5) is 0 Å². The number of alkyl halides is 1. The highest BCUT2D eigenvalue weighted by atomic mass is 79.9. The molecule has 0 bridgehead atoms. The predicted octanol–water partition coefficient (Wildman–Crippen LogP) is 1.67. The van der Waals surface area contributed by atoms with Crippen molar-refractivity contribution in [2.45, 2.75) is 10.6 Å². The van der Waals surface area contributed by atoms with Crippen molar-refractivity contribution in [2.24, 2.45) is 0 Å². The van der Waals surface area contributed by atoms with Crippen LogP contribution in [0.25, 0.3) is 0 Å². The van der Waals surface area contributed by atoms with Gasteiger partial charge in [-0.1, -0.05) is 46.3 Å². The molecule has 1 heterocycles. The molecule has 0 fully saturated rings. The molecule has 2 rings (SSSR count). The maximum Gasteiger partial charge on any atom is 0.347 e. The molecule has 0 radical (unpaired) electrons. The Morgan fingerprint density at radius 3 is 2.36 bits per heavy atom. The summed E-state index contributed by atoms with van der Waals surface area (Å²) in [6.07, 6.45) is 0. The molecule has 0 saturated heterocycles. The van der Waals surface area contributed by atoms with Crippen LogP contribution in [0, 0.1) is 0 Å². The number of halogens is 1. The lowest BCUT2D eigenvalue weighted by atomic mass is 10.0. The second-order valence-corrected chi connectivity index (χ2v) is 5.48. The van der Waals surface area contributed by atoms with Crippen molar-refractivity contribution in [1.29, 1.82) is 0 Å². The summed E-state index contributed by atoms with van der Waals surface area (Å²) in [7, 11) is 4.00. The summed E-state index contributed by atoms with van der Waals surface area (Å²) in [5, 5.41) is 2.67. The van der Waals surface area contributed by atoms with Crippen LogP contribution in [-0.4, -0.2) is 38.9 Å². The van der Waals surface area contributed by atoms with Crippen LogP contribution in [0.1, 0.15) is 10.4 Å². The summed E-state index contributed by atoms with van der Waals surface area (Å²) in [4.78, 5) is 23.6. The first-order chi connectivity index (χ1) is 10.5. The van der Waals surface area contributed by atoms with Crippen molar-refractivity contribution in [1.82, 2.24) is 5.32 Å². The van der Waals surface area contributed by atoms with E-state index in [1.54, 1.807) is 0 Å². The minimum atomic E-state index is -1.34. The number of esters is 1. The maximum absolute atomic E-state index is 12.2. The van der Waals surface area contributed by atoms with Gasteiger partial charge in [-0.05, 0) is 5.56 Å². The van der Waals surface area contributed by atoms with Crippen molar-refractivity contribution >= 4 is 27.8 Å². The lowest BCUT2D eigenvalue weighted by molar-refractivity contribution is -0.138. The van der Waals surface area contributed by atoms with Gasteiger partial charge in [-0.3, -0.25) is 4.79 Å². The summed E-state index contributed by atoms with van der Waals surface area (Å²) in [6.45, 7) is 0. The van der Waals surface area contributed by atoms with E-state index in [1.807, 2.05) is 30.3 Å². The van der Waals surface area contributed by atoms with Gasteiger partial charge in [0.05, 0.1) is 19.0 Å². The zero-order chi connectivity index (χ0) is 16.3. The average Bonchev–Trinajstić information content (AvgIpc) is 2.86. The van der Waals surface area contributed by atoms with Gasteiger partial charge in [0.2, 0.25) is 5.72 Å². The van der Waals surface area contributed by atoms with Gasteiger partial charge in [0, 0.05) is 7.11 Å². The summed E-state index contributed by atoms with van der Waals surface area (Å²) in [6, 6.07) is 9.34. The number of nitrogens with one attached hydrogen (secondary N) is 1. The van der Waals surface area contributed by atoms with E-state index in [4.69, 9.17) is 9.47 Å². The Kier molecular flexibility index (Phi) is 4.87. The molecule has 0 aromatic heterocycles. The van der Waals surface area contributed by atoms with Crippen LogP contribution in [0.15, 0.2) is 41.7 Å². The number of benzene rings is 1. The third-order valence-corrected chi connectivity index (χ3v) is 4.63. The zero-order valence-corrected chi connectivity index (χ0v) is 14.0. The van der Waals surface area contributed by atoms with Crippen molar-refractivity contribution in [3.8, 4) is 0 Å². The van der Waals surface area contributed by atoms with Crippen LogP contribution in [-0.2, 0) is 23.8 Å². The van der Waals surface area contributed by atoms with Gasteiger partial charge < -0.3 is 19.5 Å². The second kappa shape index (κ2) is 6.50. The lowest BCUT2D eigenvalue weighted by Crippen LogP contribution is -2.50. The molecule has 6 nitrogen and oxygen atoms in total. The van der Waals surface area contributed by atoms with E-state index in [1.165, 1.54) is 21.3 Å². The van der Waals surface area contributed by atoms with E-state index < -0.39 is 22.4 Å². The fourth-order valence-corrected chi connectivity index (χ4v) is 3.21. The van der Waals surface area contributed by atoms with Crippen LogP contribution >= 0.6 is 15.9 Å². The largest absolute Gasteiger partial charge is 0.495 e. The fourth-order valence-electron chi connectivity index (χ4n) is 2.40. The highest BCUT2D eigenvalue weighted by Gasteiger charge is 2.54. The van der Waals surface area contributed by atoms with Gasteiger partial charge >= 0.3 is 5.97 Å². The number of amides is 1. The lowest BCUT2D eigenvalue weighted by Gasteiger charge is -2.34. The number of hydrogen-bond acceptors (Lipinski definition) is 5. The molecule has 0 saturated carbocycles. The van der Waals surface area contributed by atoms with Gasteiger partial charge in [-0.25, -0.2) is 4.79 Å². The Morgan fingerprint density at radius 1 is 1.23 bits per heavy atom. The molecule has 1 aliphatic heterocycles. The SMILES string of the molecule is COC(=O)C1=C(OC)[C@](OC)(C(Br)c2ccccc2)NC1=O. The summed E-state index contributed by atoms with van der Waals surface area (Å²) in [5.41, 5.74) is -0.686. The third kappa shape index (κ3) is 2.50. The number of methoxy groups -OCH3 is 3. The Bertz CT molecular complexity index is 616. The van der Waals surface area contributed by atoms with Gasteiger partial charge in [0.1, 0.15) is 0 Å². The van der Waals surface area contributed by atoms with Crippen LogP contribution in [0.5, 0.6) is 0 Å². The van der Waals surface area contributed by atoms with Crippen molar-refractivity contribution in [3.63, 3.8) is 0 Å². The highest BCUT2D eigenvalue weighted by molar-refractivity contribution is 9.09. The van der Waals surface area contributed by atoms with Gasteiger partial charge in [0.25, 0.3) is 5.91 Å². The predicted molar refractivity (Wildman–Crippen MR) is 82.0 cm³/mol. The molecule has 0 aliphatic carbocycles. The Hall–Kier alpha value is -1.86. The molecule has 1 unspecified atom stereocenters. The first kappa shape index (κ1) is 16.5. The molecular weight excluding hydrogens is 354 g/mol. The van der Waals surface area contributed by atoms with E-state index in [-0.39, 0.29) is 11.3 Å². The van der Waals surface area contributed by atoms with E-state index in [0.29, 0.717) is 0 Å². The minimum absolute atomic E-state index is 0.0811. The normalized spacial score (nSPS) is 22.3. The highest BCUT2D eigenvalue weighted by Crippen LogP contribution is 2.44. The molecule has 1 aromatic rings. The van der Waals surface area contributed by atoms with Crippen LogP contribution in [0.3, 0.4) is 0 Å². The van der Waals surface area contributed by atoms with E-state index in [0.717, 1.165) is 5.56 Å². The number of rotatable bonds is 5. The van der Waals surface area contributed by atoms with Gasteiger partial charge in [-0.2, -0.15) is 0 Å². The van der Waals surface area contributed by atoms with Gasteiger partial charge in [-0.15, -0.1) is 0 Å². The molecule has 1 amide bonds. The van der Waals surface area contributed by atoms with Crippen molar-refractivity contribution in [2.75, 3.05) is 21.3 Å². The summed E-state index contributed by atoms with van der Waals surface area (Å²) in [5.74, 6) is -1.30. The number of ether oxygens (including phenoxy) is 3. The van der Waals surface area contributed by atoms with E-state index in [9.17, 15) is 9.59 Å². The molecule has 1 N–H and O–H groups in total. The first-order valence-electron chi connectivity index (χ1n) is 6.45. The quantitative estimate of drug-likeness (QED) is 0.485. The molecular formula is C15H16BrNO5. The standard InChI is InChI=1S/C15H16BrNO5/c1-20-12-10(14(19)21-2)13(18)17-15(12,22-3)11(16)9-7-5-4-6-8-9/h4-8,11H,1-3H3,(H,17,18)/t11?,15-/m1/s1. The van der Waals surface area contributed by atoms with E-state index in [2.05, 4.69) is 26.0 Å². The molecule has 1 aromatic carbocycles. The molecule has 118 valence electrons. The molecule has 0 spiro atoms. The smallest absolute Gasteiger partial charge is 0.347 e. The van der Waals surface area contributed by atoms with Crippen LogP contribution in [0.2, 0.25) is 0 Å². The summed E-state index contributed by atoms with van der Waals surface area (Å²) < 4.78 is 15.5. The molecule has 2 atom stereocenters. The fraction of sp³-hybridized carbons (Fsp3) is 0.333. The monoisotopic (exact) mass is 369 g/mol. The average molecular weight is 370 g/mol. The Balaban J connectivity index is 2.56. The van der Waals surface area contributed by atoms with Crippen molar-refractivity contribution in [3.05, 3.63) is 47.2 Å². The second-order valence-electron chi connectivity index (χ2n) is 4.57. The number of carbonyl (C=O) groups is 2. The van der Waals surface area contributed by atoms with Crippen LogP contribution < -0.4 is 5.32 Å². The first-order valence-corrected chi connectivity index (χ1v) is 7.37. The zero-order valence-electron chi connectivity index (χ0n) is 12.4. The minimum Gasteiger partial charge on any atom is -0.495 e. The Labute approximate surface area is 136 Å². The summed E-state index contributed by atoms with van der Waals surface area (Å²) >= 11 is 3.53. The van der Waals surface area contributed by atoms with Gasteiger partial charge in [0.15, 0.2) is 11.3 Å². The maximum atomic E-state index is 12.2. The number of carbonyl (C=O) groups excluding carboxylic acids is 2. The Morgan fingerprint density at radius 2 is 1.86 bits per heavy atom.